The van der Waals surface area contributed by atoms with Crippen LogP contribution in [0.5, 0.6) is 0 Å². The Bertz CT molecular complexity index is 425. The van der Waals surface area contributed by atoms with Gasteiger partial charge in [0.05, 0.1) is 0 Å². The summed E-state index contributed by atoms with van der Waals surface area (Å²) in [5.74, 6) is 0.880. The first-order chi connectivity index (χ1) is 6.75. The number of hydrogen-bond donors (Lipinski definition) is 0. The molecule has 1 heteroatoms. The Balaban J connectivity index is 2.10. The molecule has 14 heavy (non-hydrogen) atoms. The summed E-state index contributed by atoms with van der Waals surface area (Å²) in [4.78, 5) is 0. The standard InChI is InChI=1S/C13H13Br/c1-8-6-10-4-5-11(9-2-3-9)12(10)7-13(8)14/h5-7,9H,2-4H2,1H3. The van der Waals surface area contributed by atoms with Crippen molar-refractivity contribution in [2.24, 2.45) is 5.92 Å². The molecule has 2 aliphatic carbocycles. The van der Waals surface area contributed by atoms with Gasteiger partial charge in [0.1, 0.15) is 0 Å². The Morgan fingerprint density at radius 3 is 2.79 bits per heavy atom. The molecule has 0 N–H and O–H groups in total. The van der Waals surface area contributed by atoms with E-state index < -0.39 is 0 Å². The van der Waals surface area contributed by atoms with Crippen LogP contribution in [0.2, 0.25) is 0 Å². The number of allylic oxidation sites excluding steroid dienone is 2. The van der Waals surface area contributed by atoms with E-state index in [9.17, 15) is 0 Å². The van der Waals surface area contributed by atoms with E-state index in [1.165, 1.54) is 34.0 Å². The fourth-order valence-corrected chi connectivity index (χ4v) is 2.63. The Morgan fingerprint density at radius 2 is 2.07 bits per heavy atom. The van der Waals surface area contributed by atoms with Gasteiger partial charge in [0, 0.05) is 4.47 Å². The predicted molar refractivity (Wildman–Crippen MR) is 63.3 cm³/mol. The molecule has 0 unspecified atom stereocenters. The van der Waals surface area contributed by atoms with Crippen LogP contribution in [0.4, 0.5) is 0 Å². The van der Waals surface area contributed by atoms with Crippen LogP contribution < -0.4 is 0 Å². The summed E-state index contributed by atoms with van der Waals surface area (Å²) in [6.45, 7) is 2.17. The molecule has 1 saturated carbocycles. The number of benzene rings is 1. The molecule has 0 amide bonds. The molecule has 3 rings (SSSR count). The molecule has 2 aliphatic rings. The number of aryl methyl sites for hydroxylation is 1. The van der Waals surface area contributed by atoms with E-state index in [0.29, 0.717) is 0 Å². The molecule has 1 aromatic carbocycles. The fraction of sp³-hybridized carbons (Fsp3) is 0.385. The van der Waals surface area contributed by atoms with Gasteiger partial charge in [0.2, 0.25) is 0 Å². The zero-order chi connectivity index (χ0) is 9.71. The van der Waals surface area contributed by atoms with Crippen molar-refractivity contribution in [3.8, 4) is 0 Å². The van der Waals surface area contributed by atoms with Gasteiger partial charge < -0.3 is 0 Å². The topological polar surface area (TPSA) is 0 Å². The SMILES string of the molecule is Cc1cc2c(cc1Br)C(C1CC1)=CC2. The van der Waals surface area contributed by atoms with E-state index in [0.717, 1.165) is 12.3 Å². The van der Waals surface area contributed by atoms with E-state index in [-0.39, 0.29) is 0 Å². The van der Waals surface area contributed by atoms with E-state index in [2.05, 4.69) is 41.1 Å². The van der Waals surface area contributed by atoms with Crippen LogP contribution in [0.15, 0.2) is 22.7 Å². The van der Waals surface area contributed by atoms with Gasteiger partial charge in [-0.15, -0.1) is 0 Å². The zero-order valence-corrected chi connectivity index (χ0v) is 9.89. The largest absolute Gasteiger partial charge is 0.0760 e. The molecule has 1 fully saturated rings. The third-order valence-corrected chi connectivity index (χ3v) is 4.11. The maximum atomic E-state index is 3.62. The molecular formula is C13H13Br. The fourth-order valence-electron chi connectivity index (χ4n) is 2.29. The second-order valence-corrected chi connectivity index (χ2v) is 5.25. The Hall–Kier alpha value is -0.560. The van der Waals surface area contributed by atoms with Gasteiger partial charge in [-0.1, -0.05) is 28.1 Å². The van der Waals surface area contributed by atoms with E-state index in [1.807, 2.05) is 0 Å². The highest BCUT2D eigenvalue weighted by Crippen LogP contribution is 2.46. The molecule has 0 nitrogen and oxygen atoms in total. The normalized spacial score (nSPS) is 19.4. The Labute approximate surface area is 93.2 Å². The zero-order valence-electron chi connectivity index (χ0n) is 8.31. The predicted octanol–water partition coefficient (Wildman–Crippen LogP) is 4.11. The van der Waals surface area contributed by atoms with Gasteiger partial charge in [-0.2, -0.15) is 0 Å². The summed E-state index contributed by atoms with van der Waals surface area (Å²) in [7, 11) is 0. The molecular weight excluding hydrogens is 236 g/mol. The lowest BCUT2D eigenvalue weighted by Gasteiger charge is -2.07. The van der Waals surface area contributed by atoms with E-state index >= 15 is 0 Å². The van der Waals surface area contributed by atoms with Crippen LogP contribution in [-0.4, -0.2) is 0 Å². The van der Waals surface area contributed by atoms with E-state index in [1.54, 1.807) is 5.57 Å². The minimum Gasteiger partial charge on any atom is -0.0760 e. The van der Waals surface area contributed by atoms with Crippen molar-refractivity contribution >= 4 is 21.5 Å². The molecule has 0 saturated heterocycles. The molecule has 0 spiro atoms. The molecule has 0 aliphatic heterocycles. The molecule has 72 valence electrons. The van der Waals surface area contributed by atoms with Crippen LogP contribution in [0.25, 0.3) is 5.57 Å². The van der Waals surface area contributed by atoms with Crippen molar-refractivity contribution in [2.75, 3.05) is 0 Å². The molecule has 0 atom stereocenters. The van der Waals surface area contributed by atoms with Crippen LogP contribution in [0, 0.1) is 12.8 Å². The second kappa shape index (κ2) is 2.96. The molecule has 0 radical (unpaired) electrons. The maximum Gasteiger partial charge on any atom is 0.0210 e. The summed E-state index contributed by atoms with van der Waals surface area (Å²) < 4.78 is 1.25. The van der Waals surface area contributed by atoms with Gasteiger partial charge in [-0.05, 0) is 60.4 Å². The summed E-state index contributed by atoms with van der Waals surface area (Å²) in [6.07, 6.45) is 6.37. The highest BCUT2D eigenvalue weighted by Gasteiger charge is 2.30. The Morgan fingerprint density at radius 1 is 1.29 bits per heavy atom. The minimum atomic E-state index is 0.880. The van der Waals surface area contributed by atoms with Crippen LogP contribution in [-0.2, 0) is 6.42 Å². The quantitative estimate of drug-likeness (QED) is 0.702. The van der Waals surface area contributed by atoms with Gasteiger partial charge in [-0.25, -0.2) is 0 Å². The summed E-state index contributed by atoms with van der Waals surface area (Å²) in [5.41, 5.74) is 5.99. The highest BCUT2D eigenvalue weighted by atomic mass is 79.9. The number of fused-ring (bicyclic) bond motifs is 1. The monoisotopic (exact) mass is 248 g/mol. The van der Waals surface area contributed by atoms with Crippen molar-refractivity contribution < 1.29 is 0 Å². The minimum absolute atomic E-state index is 0.880. The number of hydrogen-bond acceptors (Lipinski definition) is 0. The number of rotatable bonds is 1. The highest BCUT2D eigenvalue weighted by molar-refractivity contribution is 9.10. The van der Waals surface area contributed by atoms with Crippen LogP contribution in [0.1, 0.15) is 29.5 Å². The first kappa shape index (κ1) is 8.72. The van der Waals surface area contributed by atoms with Crippen LogP contribution in [0.3, 0.4) is 0 Å². The third kappa shape index (κ3) is 1.26. The van der Waals surface area contributed by atoms with Crippen LogP contribution >= 0.6 is 15.9 Å². The van der Waals surface area contributed by atoms with Gasteiger partial charge >= 0.3 is 0 Å². The first-order valence-electron chi connectivity index (χ1n) is 5.25. The number of halogens is 1. The molecule has 1 aromatic rings. The lowest BCUT2D eigenvalue weighted by Crippen LogP contribution is -1.88. The summed E-state index contributed by atoms with van der Waals surface area (Å²) >= 11 is 3.62. The average Bonchev–Trinajstić information content (AvgIpc) is 2.91. The van der Waals surface area contributed by atoms with Gasteiger partial charge in [0.15, 0.2) is 0 Å². The third-order valence-electron chi connectivity index (χ3n) is 3.25. The average molecular weight is 249 g/mol. The molecule has 0 aromatic heterocycles. The lowest BCUT2D eigenvalue weighted by molar-refractivity contribution is 1.15. The van der Waals surface area contributed by atoms with Gasteiger partial charge in [-0.3, -0.25) is 0 Å². The van der Waals surface area contributed by atoms with Crippen molar-refractivity contribution in [1.82, 2.24) is 0 Å². The molecule has 0 bridgehead atoms. The van der Waals surface area contributed by atoms with Crippen molar-refractivity contribution in [3.05, 3.63) is 39.4 Å². The smallest absolute Gasteiger partial charge is 0.0210 e. The molecule has 0 heterocycles. The van der Waals surface area contributed by atoms with Crippen molar-refractivity contribution in [1.29, 1.82) is 0 Å². The van der Waals surface area contributed by atoms with Crippen molar-refractivity contribution in [2.45, 2.75) is 26.2 Å². The van der Waals surface area contributed by atoms with Gasteiger partial charge in [0.25, 0.3) is 0 Å². The lowest BCUT2D eigenvalue weighted by atomic mass is 10.0. The maximum absolute atomic E-state index is 3.62. The Kier molecular flexibility index (Phi) is 1.85. The second-order valence-electron chi connectivity index (χ2n) is 4.40. The first-order valence-corrected chi connectivity index (χ1v) is 6.04. The summed E-state index contributed by atoms with van der Waals surface area (Å²) in [5, 5.41) is 0. The van der Waals surface area contributed by atoms with Crippen molar-refractivity contribution in [3.63, 3.8) is 0 Å². The summed E-state index contributed by atoms with van der Waals surface area (Å²) in [6, 6.07) is 4.63. The van der Waals surface area contributed by atoms with E-state index in [4.69, 9.17) is 0 Å².